The van der Waals surface area contributed by atoms with Crippen LogP contribution < -0.4 is 9.47 Å². The van der Waals surface area contributed by atoms with Crippen molar-refractivity contribution >= 4 is 5.91 Å². The van der Waals surface area contributed by atoms with Gasteiger partial charge in [0.2, 0.25) is 5.91 Å². The average Bonchev–Trinajstić information content (AvgIpc) is 3.04. The SMILES string of the molecule is COc1ccc(CC(=O)N(CCc2ccc(-c3ccc(OC)cc3)cc2)C2CCN(Cc3ccc(C)cc3)CC2)cc1. The first-order chi connectivity index (χ1) is 20.5. The Labute approximate surface area is 250 Å². The summed E-state index contributed by atoms with van der Waals surface area (Å²) < 4.78 is 10.6. The molecule has 0 saturated carbocycles. The molecule has 1 fully saturated rings. The van der Waals surface area contributed by atoms with Crippen molar-refractivity contribution in [1.29, 1.82) is 0 Å². The lowest BCUT2D eigenvalue weighted by atomic mass is 9.99. The summed E-state index contributed by atoms with van der Waals surface area (Å²) in [7, 11) is 3.35. The number of hydrogen-bond acceptors (Lipinski definition) is 4. The van der Waals surface area contributed by atoms with Gasteiger partial charge in [-0.25, -0.2) is 0 Å². The molecule has 1 saturated heterocycles. The molecule has 0 N–H and O–H groups in total. The van der Waals surface area contributed by atoms with E-state index < -0.39 is 0 Å². The van der Waals surface area contributed by atoms with Crippen LogP contribution in [0.3, 0.4) is 0 Å². The van der Waals surface area contributed by atoms with Crippen LogP contribution in [0.2, 0.25) is 0 Å². The van der Waals surface area contributed by atoms with Crippen molar-refractivity contribution in [2.24, 2.45) is 0 Å². The average molecular weight is 563 g/mol. The zero-order chi connectivity index (χ0) is 29.3. The summed E-state index contributed by atoms with van der Waals surface area (Å²) in [5.41, 5.74) is 7.24. The first-order valence-corrected chi connectivity index (χ1v) is 14.9. The Balaban J connectivity index is 1.24. The summed E-state index contributed by atoms with van der Waals surface area (Å²) in [6.45, 7) is 5.82. The maximum Gasteiger partial charge on any atom is 0.227 e. The molecule has 1 amide bonds. The number of carbonyl (C=O) groups excluding carboxylic acids is 1. The maximum absolute atomic E-state index is 13.8. The van der Waals surface area contributed by atoms with E-state index in [9.17, 15) is 4.79 Å². The molecule has 0 aromatic heterocycles. The van der Waals surface area contributed by atoms with E-state index in [1.807, 2.05) is 36.4 Å². The van der Waals surface area contributed by atoms with Gasteiger partial charge < -0.3 is 14.4 Å². The first kappa shape index (κ1) is 29.4. The minimum absolute atomic E-state index is 0.201. The molecule has 0 atom stereocenters. The third-order valence-corrected chi connectivity index (χ3v) is 8.38. The van der Waals surface area contributed by atoms with Crippen molar-refractivity contribution in [3.8, 4) is 22.6 Å². The van der Waals surface area contributed by atoms with Crippen LogP contribution in [0.15, 0.2) is 97.1 Å². The van der Waals surface area contributed by atoms with Crippen LogP contribution in [0.1, 0.15) is 35.1 Å². The van der Waals surface area contributed by atoms with Gasteiger partial charge in [-0.2, -0.15) is 0 Å². The molecule has 4 aromatic rings. The van der Waals surface area contributed by atoms with E-state index in [4.69, 9.17) is 9.47 Å². The Bertz CT molecular complexity index is 1410. The highest BCUT2D eigenvalue weighted by molar-refractivity contribution is 5.79. The first-order valence-electron chi connectivity index (χ1n) is 14.9. The van der Waals surface area contributed by atoms with E-state index in [1.54, 1.807) is 14.2 Å². The minimum Gasteiger partial charge on any atom is -0.497 e. The molecule has 5 rings (SSSR count). The normalized spacial score (nSPS) is 14.0. The van der Waals surface area contributed by atoms with Gasteiger partial charge in [0.15, 0.2) is 0 Å². The molecule has 0 unspecified atom stereocenters. The molecule has 1 aliphatic rings. The summed E-state index contributed by atoms with van der Waals surface area (Å²) in [6.07, 6.45) is 3.23. The zero-order valence-electron chi connectivity index (χ0n) is 25.1. The van der Waals surface area contributed by atoms with Gasteiger partial charge in [-0.05, 0) is 78.3 Å². The van der Waals surface area contributed by atoms with Crippen LogP contribution in [0, 0.1) is 6.92 Å². The van der Waals surface area contributed by atoms with Gasteiger partial charge in [-0.1, -0.05) is 78.4 Å². The van der Waals surface area contributed by atoms with Crippen molar-refractivity contribution in [3.05, 3.63) is 119 Å². The van der Waals surface area contributed by atoms with Crippen LogP contribution in [-0.2, 0) is 24.2 Å². The van der Waals surface area contributed by atoms with Crippen LogP contribution in [-0.4, -0.2) is 55.6 Å². The molecule has 218 valence electrons. The summed E-state index contributed by atoms with van der Waals surface area (Å²) in [5, 5.41) is 0. The van der Waals surface area contributed by atoms with Gasteiger partial charge in [-0.15, -0.1) is 0 Å². The van der Waals surface area contributed by atoms with Gasteiger partial charge >= 0.3 is 0 Å². The number of rotatable bonds is 11. The number of benzene rings is 4. The molecule has 0 bridgehead atoms. The minimum atomic E-state index is 0.201. The standard InChI is InChI=1S/C37H42N2O3/c1-28-4-6-31(7-5-28)27-38-23-21-34(22-24-38)39(37(40)26-30-10-16-35(41-2)17-11-30)25-20-29-8-12-32(13-9-29)33-14-18-36(42-3)19-15-33/h4-19,34H,20-27H2,1-3H3. The third-order valence-electron chi connectivity index (χ3n) is 8.38. The predicted octanol–water partition coefficient (Wildman–Crippen LogP) is 6.96. The fourth-order valence-electron chi connectivity index (χ4n) is 5.77. The number of nitrogens with zero attached hydrogens (tertiary/aromatic N) is 2. The molecular formula is C37H42N2O3. The second-order valence-electron chi connectivity index (χ2n) is 11.3. The second kappa shape index (κ2) is 14.2. The fraction of sp³-hybridized carbons (Fsp3) is 0.324. The summed E-state index contributed by atoms with van der Waals surface area (Å²) in [6, 6.07) is 33.8. The molecule has 1 heterocycles. The van der Waals surface area contributed by atoms with E-state index in [0.29, 0.717) is 6.42 Å². The van der Waals surface area contributed by atoms with Crippen molar-refractivity contribution in [3.63, 3.8) is 0 Å². The molecule has 0 spiro atoms. The largest absolute Gasteiger partial charge is 0.497 e. The van der Waals surface area contributed by atoms with Gasteiger partial charge in [0.25, 0.3) is 0 Å². The van der Waals surface area contributed by atoms with Crippen molar-refractivity contribution in [2.45, 2.75) is 45.2 Å². The van der Waals surface area contributed by atoms with Crippen LogP contribution in [0.5, 0.6) is 11.5 Å². The molecule has 42 heavy (non-hydrogen) atoms. The van der Waals surface area contributed by atoms with Crippen molar-refractivity contribution in [1.82, 2.24) is 9.80 Å². The predicted molar refractivity (Wildman–Crippen MR) is 170 cm³/mol. The topological polar surface area (TPSA) is 42.0 Å². The molecule has 5 heteroatoms. The third kappa shape index (κ3) is 7.80. The van der Waals surface area contributed by atoms with E-state index in [-0.39, 0.29) is 11.9 Å². The lowest BCUT2D eigenvalue weighted by Gasteiger charge is -2.39. The number of aryl methyl sites for hydroxylation is 1. The number of carbonyl (C=O) groups is 1. The Morgan fingerprint density at radius 1 is 0.714 bits per heavy atom. The van der Waals surface area contributed by atoms with Crippen LogP contribution in [0.4, 0.5) is 0 Å². The van der Waals surface area contributed by atoms with Gasteiger partial charge in [0, 0.05) is 32.2 Å². The van der Waals surface area contributed by atoms with Gasteiger partial charge in [0.1, 0.15) is 11.5 Å². The number of methoxy groups -OCH3 is 2. The summed E-state index contributed by atoms with van der Waals surface area (Å²) in [4.78, 5) is 18.4. The van der Waals surface area contributed by atoms with Crippen LogP contribution >= 0.6 is 0 Å². The van der Waals surface area contributed by atoms with Gasteiger partial charge in [0.05, 0.1) is 20.6 Å². The molecule has 0 aliphatic carbocycles. The fourth-order valence-corrected chi connectivity index (χ4v) is 5.77. The monoisotopic (exact) mass is 562 g/mol. The highest BCUT2D eigenvalue weighted by Gasteiger charge is 2.28. The number of piperidine rings is 1. The van der Waals surface area contributed by atoms with E-state index in [0.717, 1.165) is 68.1 Å². The van der Waals surface area contributed by atoms with E-state index in [1.165, 1.54) is 22.3 Å². The zero-order valence-corrected chi connectivity index (χ0v) is 25.1. The number of ether oxygens (including phenoxy) is 2. The van der Waals surface area contributed by atoms with Crippen LogP contribution in [0.25, 0.3) is 11.1 Å². The lowest BCUT2D eigenvalue weighted by Crippen LogP contribution is -2.48. The van der Waals surface area contributed by atoms with Crippen molar-refractivity contribution < 1.29 is 14.3 Å². The Kier molecular flexibility index (Phi) is 9.94. The highest BCUT2D eigenvalue weighted by Crippen LogP contribution is 2.24. The number of amides is 1. The molecule has 1 aliphatic heterocycles. The smallest absolute Gasteiger partial charge is 0.227 e. The number of hydrogen-bond donors (Lipinski definition) is 0. The molecule has 4 aromatic carbocycles. The Hall–Kier alpha value is -4.09. The van der Waals surface area contributed by atoms with E-state index in [2.05, 4.69) is 77.4 Å². The maximum atomic E-state index is 13.8. The van der Waals surface area contributed by atoms with E-state index >= 15 is 0 Å². The molecule has 0 radical (unpaired) electrons. The summed E-state index contributed by atoms with van der Waals surface area (Å²) >= 11 is 0. The molecule has 5 nitrogen and oxygen atoms in total. The van der Waals surface area contributed by atoms with Crippen molar-refractivity contribution in [2.75, 3.05) is 33.9 Å². The van der Waals surface area contributed by atoms with Gasteiger partial charge in [-0.3, -0.25) is 9.69 Å². The lowest BCUT2D eigenvalue weighted by molar-refractivity contribution is -0.133. The number of likely N-dealkylation sites (tertiary alicyclic amines) is 1. The Morgan fingerprint density at radius 3 is 1.79 bits per heavy atom. The second-order valence-corrected chi connectivity index (χ2v) is 11.3. The summed E-state index contributed by atoms with van der Waals surface area (Å²) in [5.74, 6) is 1.87. The Morgan fingerprint density at radius 2 is 1.21 bits per heavy atom. The highest BCUT2D eigenvalue weighted by atomic mass is 16.5. The molecular weight excluding hydrogens is 520 g/mol. The quantitative estimate of drug-likeness (QED) is 0.198.